The first kappa shape index (κ1) is 10.9. The lowest BCUT2D eigenvalue weighted by Gasteiger charge is -2.06. The molecule has 3 nitrogen and oxygen atoms in total. The molecule has 2 N–H and O–H groups in total. The number of anilines is 1. The van der Waals surface area contributed by atoms with Gasteiger partial charge in [0.05, 0.1) is 10.2 Å². The Morgan fingerprint density at radius 3 is 2.57 bits per heavy atom. The molecule has 0 radical (unpaired) electrons. The highest BCUT2D eigenvalue weighted by Crippen LogP contribution is 2.23. The molecule has 6 heteroatoms. The van der Waals surface area contributed by atoms with E-state index in [1.54, 1.807) is 0 Å². The van der Waals surface area contributed by atoms with Gasteiger partial charge >= 0.3 is 6.03 Å². The average molecular weight is 265 g/mol. The highest BCUT2D eigenvalue weighted by molar-refractivity contribution is 9.10. The Morgan fingerprint density at radius 2 is 2.00 bits per heavy atom. The predicted octanol–water partition coefficient (Wildman–Crippen LogP) is 2.48. The maximum atomic E-state index is 13.0. The molecule has 14 heavy (non-hydrogen) atoms. The highest BCUT2D eigenvalue weighted by atomic mass is 79.9. The SMILES string of the molecule is CNC(=O)Nc1cc(Br)c(F)cc1F. The third-order valence-electron chi connectivity index (χ3n) is 1.49. The molecule has 0 saturated heterocycles. The first-order valence-electron chi connectivity index (χ1n) is 3.68. The number of amides is 2. The quantitative estimate of drug-likeness (QED) is 0.752. The minimum absolute atomic E-state index is 0.0855. The van der Waals surface area contributed by atoms with Crippen LogP contribution in [0.5, 0.6) is 0 Å². The van der Waals surface area contributed by atoms with E-state index in [0.29, 0.717) is 6.07 Å². The van der Waals surface area contributed by atoms with Gasteiger partial charge in [0.2, 0.25) is 0 Å². The number of halogens is 3. The third kappa shape index (κ3) is 2.41. The summed E-state index contributed by atoms with van der Waals surface area (Å²) in [5.74, 6) is -1.54. The lowest BCUT2D eigenvalue weighted by Crippen LogP contribution is -2.25. The van der Waals surface area contributed by atoms with Crippen molar-refractivity contribution in [3.05, 3.63) is 28.2 Å². The molecule has 0 aromatic heterocycles. The van der Waals surface area contributed by atoms with Gasteiger partial charge in [-0.05, 0) is 22.0 Å². The summed E-state index contributed by atoms with van der Waals surface area (Å²) in [4.78, 5) is 10.8. The van der Waals surface area contributed by atoms with Gasteiger partial charge in [-0.3, -0.25) is 0 Å². The van der Waals surface area contributed by atoms with Gasteiger partial charge in [-0.2, -0.15) is 0 Å². The molecule has 1 aromatic carbocycles. The van der Waals surface area contributed by atoms with Gasteiger partial charge in [-0.1, -0.05) is 0 Å². The molecule has 0 aliphatic heterocycles. The van der Waals surface area contributed by atoms with E-state index in [0.717, 1.165) is 6.07 Å². The van der Waals surface area contributed by atoms with Crippen LogP contribution >= 0.6 is 15.9 Å². The molecule has 2 amide bonds. The number of nitrogens with one attached hydrogen (secondary N) is 2. The Labute approximate surface area is 87.6 Å². The van der Waals surface area contributed by atoms with E-state index in [4.69, 9.17) is 0 Å². The summed E-state index contributed by atoms with van der Waals surface area (Å²) in [6, 6.07) is 1.28. The lowest BCUT2D eigenvalue weighted by molar-refractivity contribution is 0.254. The number of rotatable bonds is 1. The van der Waals surface area contributed by atoms with E-state index >= 15 is 0 Å². The maximum Gasteiger partial charge on any atom is 0.319 e. The van der Waals surface area contributed by atoms with Crippen LogP contribution in [-0.4, -0.2) is 13.1 Å². The lowest BCUT2D eigenvalue weighted by atomic mass is 10.3. The van der Waals surface area contributed by atoms with Crippen LogP contribution in [0.1, 0.15) is 0 Å². The van der Waals surface area contributed by atoms with Crippen LogP contribution < -0.4 is 10.6 Å². The van der Waals surface area contributed by atoms with E-state index in [2.05, 4.69) is 26.6 Å². The van der Waals surface area contributed by atoms with Crippen LogP contribution in [-0.2, 0) is 0 Å². The molecular weight excluding hydrogens is 258 g/mol. The zero-order chi connectivity index (χ0) is 10.7. The van der Waals surface area contributed by atoms with Gasteiger partial charge < -0.3 is 10.6 Å². The smallest absolute Gasteiger partial charge is 0.319 e. The fraction of sp³-hybridized carbons (Fsp3) is 0.125. The predicted molar refractivity (Wildman–Crippen MR) is 52.1 cm³/mol. The first-order valence-corrected chi connectivity index (χ1v) is 4.47. The van der Waals surface area contributed by atoms with E-state index in [9.17, 15) is 13.6 Å². The van der Waals surface area contributed by atoms with Crippen molar-refractivity contribution < 1.29 is 13.6 Å². The largest absolute Gasteiger partial charge is 0.341 e. The molecule has 76 valence electrons. The maximum absolute atomic E-state index is 13.0. The summed E-state index contributed by atoms with van der Waals surface area (Å²) in [5, 5.41) is 4.46. The third-order valence-corrected chi connectivity index (χ3v) is 2.09. The van der Waals surface area contributed by atoms with Crippen LogP contribution in [0.4, 0.5) is 19.3 Å². The normalized spacial score (nSPS) is 9.71. The molecule has 0 fully saturated rings. The van der Waals surface area contributed by atoms with Crippen molar-refractivity contribution in [2.24, 2.45) is 0 Å². The molecule has 1 aromatic rings. The minimum Gasteiger partial charge on any atom is -0.341 e. The molecule has 0 saturated carbocycles. The van der Waals surface area contributed by atoms with Crippen molar-refractivity contribution in [2.45, 2.75) is 0 Å². The first-order chi connectivity index (χ1) is 6.54. The van der Waals surface area contributed by atoms with Crippen molar-refractivity contribution >= 4 is 27.6 Å². The molecule has 0 unspecified atom stereocenters. The average Bonchev–Trinajstić information content (AvgIpc) is 2.14. The number of carbonyl (C=O) groups is 1. The van der Waals surface area contributed by atoms with Crippen LogP contribution in [0.3, 0.4) is 0 Å². The Bertz CT molecular complexity index is 371. The van der Waals surface area contributed by atoms with E-state index < -0.39 is 17.7 Å². The molecule has 0 atom stereocenters. The highest BCUT2D eigenvalue weighted by Gasteiger charge is 2.09. The number of benzene rings is 1. The van der Waals surface area contributed by atoms with Crippen molar-refractivity contribution in [3.8, 4) is 0 Å². The fourth-order valence-corrected chi connectivity index (χ4v) is 1.15. The van der Waals surface area contributed by atoms with Crippen LogP contribution in [0.25, 0.3) is 0 Å². The monoisotopic (exact) mass is 264 g/mol. The molecule has 0 aliphatic rings. The van der Waals surface area contributed by atoms with Crippen molar-refractivity contribution in [1.29, 1.82) is 0 Å². The van der Waals surface area contributed by atoms with Gasteiger partial charge in [-0.25, -0.2) is 13.6 Å². The van der Waals surface area contributed by atoms with Crippen LogP contribution in [0.2, 0.25) is 0 Å². The van der Waals surface area contributed by atoms with Crippen LogP contribution in [0, 0.1) is 11.6 Å². The van der Waals surface area contributed by atoms with Gasteiger partial charge in [0.15, 0.2) is 0 Å². The topological polar surface area (TPSA) is 41.1 Å². The summed E-state index contributed by atoms with van der Waals surface area (Å²) >= 11 is 2.88. The molecule has 0 spiro atoms. The van der Waals surface area contributed by atoms with E-state index in [-0.39, 0.29) is 10.2 Å². The summed E-state index contributed by atoms with van der Waals surface area (Å²) in [6.07, 6.45) is 0. The standard InChI is InChI=1S/C8H7BrF2N2O/c1-12-8(14)13-7-2-4(9)5(10)3-6(7)11/h2-3H,1H3,(H2,12,13,14). The number of urea groups is 1. The van der Waals surface area contributed by atoms with E-state index in [1.807, 2.05) is 0 Å². The molecule has 1 rings (SSSR count). The van der Waals surface area contributed by atoms with Gasteiger partial charge in [0, 0.05) is 13.1 Å². The van der Waals surface area contributed by atoms with Gasteiger partial charge in [0.25, 0.3) is 0 Å². The summed E-state index contributed by atoms with van der Waals surface area (Å²) in [5.41, 5.74) is -0.0855. The van der Waals surface area contributed by atoms with Crippen molar-refractivity contribution in [2.75, 3.05) is 12.4 Å². The molecule has 0 aliphatic carbocycles. The van der Waals surface area contributed by atoms with Crippen LogP contribution in [0.15, 0.2) is 16.6 Å². The van der Waals surface area contributed by atoms with Crippen molar-refractivity contribution in [1.82, 2.24) is 5.32 Å². The summed E-state index contributed by atoms with van der Waals surface area (Å²) in [6.45, 7) is 0. The molecule has 0 heterocycles. The zero-order valence-electron chi connectivity index (χ0n) is 7.20. The molecular formula is C8H7BrF2N2O. The Kier molecular flexibility index (Phi) is 3.40. The second kappa shape index (κ2) is 4.36. The Morgan fingerprint density at radius 1 is 1.36 bits per heavy atom. The number of carbonyl (C=O) groups excluding carboxylic acids is 1. The summed E-state index contributed by atoms with van der Waals surface area (Å²) in [7, 11) is 1.39. The Balaban J connectivity index is 2.98. The van der Waals surface area contributed by atoms with Gasteiger partial charge in [0.1, 0.15) is 11.6 Å². The fourth-order valence-electron chi connectivity index (χ4n) is 0.803. The summed E-state index contributed by atoms with van der Waals surface area (Å²) < 4.78 is 25.9. The van der Waals surface area contributed by atoms with Gasteiger partial charge in [-0.15, -0.1) is 0 Å². The second-order valence-corrected chi connectivity index (χ2v) is 3.30. The van der Waals surface area contributed by atoms with E-state index in [1.165, 1.54) is 7.05 Å². The Hall–Kier alpha value is -1.17. The number of hydrogen-bond acceptors (Lipinski definition) is 1. The number of hydrogen-bond donors (Lipinski definition) is 2. The van der Waals surface area contributed by atoms with Crippen molar-refractivity contribution in [3.63, 3.8) is 0 Å². The zero-order valence-corrected chi connectivity index (χ0v) is 8.78. The second-order valence-electron chi connectivity index (χ2n) is 2.45. The minimum atomic E-state index is -0.825. The molecule has 0 bridgehead atoms.